The van der Waals surface area contributed by atoms with Gasteiger partial charge in [-0.05, 0) is 35.9 Å². The Hall–Kier alpha value is -2.98. The Bertz CT molecular complexity index is 939. The molecule has 0 amide bonds. The summed E-state index contributed by atoms with van der Waals surface area (Å²) in [6, 6.07) is 17.7. The van der Waals surface area contributed by atoms with E-state index in [9.17, 15) is 0 Å². The zero-order valence-electron chi connectivity index (χ0n) is 13.3. The Morgan fingerprint density at radius 2 is 1.88 bits per heavy atom. The number of hydrogen-bond donors (Lipinski definition) is 1. The highest BCUT2D eigenvalue weighted by molar-refractivity contribution is 6.30. The molecule has 2 aromatic carbocycles. The molecule has 0 aliphatic carbocycles. The van der Waals surface area contributed by atoms with E-state index in [0.717, 1.165) is 16.8 Å². The lowest BCUT2D eigenvalue weighted by Crippen LogP contribution is -2.23. The van der Waals surface area contributed by atoms with Gasteiger partial charge in [0.2, 0.25) is 0 Å². The van der Waals surface area contributed by atoms with E-state index in [1.165, 1.54) is 6.33 Å². The summed E-state index contributed by atoms with van der Waals surface area (Å²) in [6.45, 7) is 0. The van der Waals surface area contributed by atoms with Crippen LogP contribution in [-0.2, 0) is 5.54 Å². The number of benzene rings is 2. The molecular weight excluding hydrogens is 332 g/mol. The maximum absolute atomic E-state index is 6.09. The molecule has 0 spiro atoms. The van der Waals surface area contributed by atoms with Crippen LogP contribution < -0.4 is 5.32 Å². The number of aromatic nitrogens is 2. The molecule has 1 N–H and O–H groups in total. The lowest BCUT2D eigenvalue weighted by Gasteiger charge is -2.27. The highest BCUT2D eigenvalue weighted by atomic mass is 35.5. The van der Waals surface area contributed by atoms with Gasteiger partial charge in [0.05, 0.1) is 0 Å². The topological polar surface area (TPSA) is 50.2 Å². The van der Waals surface area contributed by atoms with Crippen molar-refractivity contribution in [3.05, 3.63) is 95.4 Å². The summed E-state index contributed by atoms with van der Waals surface area (Å²) in [6.07, 6.45) is 9.15. The van der Waals surface area contributed by atoms with Crippen molar-refractivity contribution in [3.63, 3.8) is 0 Å². The molecular formula is C20H15ClN4. The summed E-state index contributed by atoms with van der Waals surface area (Å²) >= 11 is 6.09. The van der Waals surface area contributed by atoms with Gasteiger partial charge in [-0.2, -0.15) is 0 Å². The number of hydrogen-bond acceptors (Lipinski definition) is 4. The Morgan fingerprint density at radius 3 is 2.64 bits per heavy atom. The second-order valence-electron chi connectivity index (χ2n) is 5.69. The summed E-state index contributed by atoms with van der Waals surface area (Å²) < 4.78 is 0. The van der Waals surface area contributed by atoms with Crippen molar-refractivity contribution < 1.29 is 0 Å². The standard InChI is InChI=1S/C20H15ClN4/c21-16-8-4-9-17(12-16)25-19-18(13-22-14-23-19)20(10-5-11-24-20)15-6-2-1-3-7-15/h1-14H,(H,22,23,25). The Morgan fingerprint density at radius 1 is 1.00 bits per heavy atom. The smallest absolute Gasteiger partial charge is 0.140 e. The van der Waals surface area contributed by atoms with Crippen LogP contribution in [0.2, 0.25) is 5.02 Å². The second kappa shape index (κ2) is 6.49. The van der Waals surface area contributed by atoms with Crippen LogP contribution in [0.25, 0.3) is 0 Å². The van der Waals surface area contributed by atoms with Crippen LogP contribution in [0.1, 0.15) is 11.1 Å². The minimum Gasteiger partial charge on any atom is -0.340 e. The molecule has 1 aliphatic heterocycles. The van der Waals surface area contributed by atoms with Crippen LogP contribution in [0.5, 0.6) is 0 Å². The maximum Gasteiger partial charge on any atom is 0.140 e. The average molecular weight is 347 g/mol. The Labute approximate surface area is 150 Å². The predicted octanol–water partition coefficient (Wildman–Crippen LogP) is 4.76. The molecule has 0 bridgehead atoms. The number of aliphatic imine (C=N–C) groups is 1. The number of nitrogens with zero attached hydrogens (tertiary/aromatic N) is 3. The van der Waals surface area contributed by atoms with E-state index in [1.54, 1.807) is 6.20 Å². The average Bonchev–Trinajstić information content (AvgIpc) is 3.14. The second-order valence-corrected chi connectivity index (χ2v) is 6.13. The number of rotatable bonds is 4. The van der Waals surface area contributed by atoms with Crippen molar-refractivity contribution in [1.29, 1.82) is 0 Å². The Balaban J connectivity index is 1.82. The first-order chi connectivity index (χ1) is 12.3. The van der Waals surface area contributed by atoms with Crippen LogP contribution in [0.15, 0.2) is 84.3 Å². The number of halogens is 1. The monoisotopic (exact) mass is 346 g/mol. The fourth-order valence-corrected chi connectivity index (χ4v) is 3.17. The normalized spacial score (nSPS) is 18.4. The lowest BCUT2D eigenvalue weighted by atomic mass is 9.85. The van der Waals surface area contributed by atoms with E-state index in [2.05, 4.69) is 33.5 Å². The summed E-state index contributed by atoms with van der Waals surface area (Å²) in [5.74, 6) is 0.699. The third-order valence-corrected chi connectivity index (χ3v) is 4.36. The maximum atomic E-state index is 6.09. The lowest BCUT2D eigenvalue weighted by molar-refractivity contribution is 0.693. The molecule has 0 radical (unpaired) electrons. The van der Waals surface area contributed by atoms with E-state index in [-0.39, 0.29) is 0 Å². The highest BCUT2D eigenvalue weighted by Crippen LogP contribution is 2.40. The fraction of sp³-hybridized carbons (Fsp3) is 0.0500. The quantitative estimate of drug-likeness (QED) is 0.741. The highest BCUT2D eigenvalue weighted by Gasteiger charge is 2.35. The van der Waals surface area contributed by atoms with Crippen molar-refractivity contribution in [3.8, 4) is 0 Å². The third-order valence-electron chi connectivity index (χ3n) is 4.13. The van der Waals surface area contributed by atoms with Gasteiger partial charge < -0.3 is 5.32 Å². The Kier molecular flexibility index (Phi) is 4.04. The first-order valence-corrected chi connectivity index (χ1v) is 8.27. The van der Waals surface area contributed by atoms with Crippen molar-refractivity contribution in [2.45, 2.75) is 5.54 Å². The minimum absolute atomic E-state index is 0.635. The van der Waals surface area contributed by atoms with Gasteiger partial charge in [-0.1, -0.05) is 48.0 Å². The first-order valence-electron chi connectivity index (χ1n) is 7.90. The van der Waals surface area contributed by atoms with Crippen molar-refractivity contribution in [2.75, 3.05) is 5.32 Å². The largest absolute Gasteiger partial charge is 0.340 e. The molecule has 1 aliphatic rings. The molecule has 2 heterocycles. The summed E-state index contributed by atoms with van der Waals surface area (Å²) in [7, 11) is 0. The molecule has 5 heteroatoms. The molecule has 122 valence electrons. The minimum atomic E-state index is -0.635. The summed E-state index contributed by atoms with van der Waals surface area (Å²) in [5.41, 5.74) is 2.17. The molecule has 3 aromatic rings. The van der Waals surface area contributed by atoms with Crippen molar-refractivity contribution >= 4 is 29.3 Å². The van der Waals surface area contributed by atoms with Crippen LogP contribution in [0.3, 0.4) is 0 Å². The number of anilines is 2. The number of allylic oxidation sites excluding steroid dienone is 1. The molecule has 1 unspecified atom stereocenters. The van der Waals surface area contributed by atoms with Crippen molar-refractivity contribution in [2.24, 2.45) is 4.99 Å². The van der Waals surface area contributed by atoms with Gasteiger partial charge in [-0.3, -0.25) is 4.99 Å². The molecule has 0 fully saturated rings. The molecule has 4 nitrogen and oxygen atoms in total. The summed E-state index contributed by atoms with van der Waals surface area (Å²) in [5, 5.41) is 4.01. The molecule has 1 atom stereocenters. The van der Waals surface area contributed by atoms with Crippen LogP contribution in [-0.4, -0.2) is 16.2 Å². The molecule has 1 aromatic heterocycles. The van der Waals surface area contributed by atoms with E-state index >= 15 is 0 Å². The summed E-state index contributed by atoms with van der Waals surface area (Å²) in [4.78, 5) is 13.4. The van der Waals surface area contributed by atoms with Gasteiger partial charge in [-0.25, -0.2) is 9.97 Å². The van der Waals surface area contributed by atoms with Crippen LogP contribution in [0.4, 0.5) is 11.5 Å². The third kappa shape index (κ3) is 2.92. The first kappa shape index (κ1) is 15.5. The SMILES string of the molecule is Clc1cccc(Nc2ncncc2C2(c3ccccc3)C=CC=N2)c1. The zero-order chi connectivity index (χ0) is 17.1. The van der Waals surface area contributed by atoms with E-state index < -0.39 is 5.54 Å². The van der Waals surface area contributed by atoms with Gasteiger partial charge in [0.1, 0.15) is 17.7 Å². The fourth-order valence-electron chi connectivity index (χ4n) is 2.97. The van der Waals surface area contributed by atoms with E-state index in [4.69, 9.17) is 16.6 Å². The van der Waals surface area contributed by atoms with E-state index in [0.29, 0.717) is 10.8 Å². The molecule has 0 saturated heterocycles. The molecule has 0 saturated carbocycles. The molecule has 25 heavy (non-hydrogen) atoms. The molecule has 4 rings (SSSR count). The van der Waals surface area contributed by atoms with Crippen LogP contribution >= 0.6 is 11.6 Å². The van der Waals surface area contributed by atoms with Gasteiger partial charge in [-0.15, -0.1) is 0 Å². The van der Waals surface area contributed by atoms with Gasteiger partial charge in [0.15, 0.2) is 0 Å². The van der Waals surface area contributed by atoms with Gasteiger partial charge in [0.25, 0.3) is 0 Å². The van der Waals surface area contributed by atoms with Crippen LogP contribution in [0, 0.1) is 0 Å². The van der Waals surface area contributed by atoms with Gasteiger partial charge in [0, 0.05) is 28.7 Å². The predicted molar refractivity (Wildman–Crippen MR) is 102 cm³/mol. The van der Waals surface area contributed by atoms with E-state index in [1.807, 2.05) is 54.8 Å². The number of nitrogens with one attached hydrogen (secondary N) is 1. The zero-order valence-corrected chi connectivity index (χ0v) is 14.1. The van der Waals surface area contributed by atoms with Crippen molar-refractivity contribution in [1.82, 2.24) is 9.97 Å². The van der Waals surface area contributed by atoms with Gasteiger partial charge >= 0.3 is 0 Å².